The van der Waals surface area contributed by atoms with Crippen molar-refractivity contribution in [3.8, 4) is 0 Å². The summed E-state index contributed by atoms with van der Waals surface area (Å²) in [7, 11) is 0. The first-order valence-electron chi connectivity index (χ1n) is 3.18. The predicted molar refractivity (Wildman–Crippen MR) is 33.4 cm³/mol. The van der Waals surface area contributed by atoms with E-state index in [0.29, 0.717) is 5.92 Å². The van der Waals surface area contributed by atoms with E-state index >= 15 is 0 Å². The van der Waals surface area contributed by atoms with Crippen LogP contribution in [-0.2, 0) is 20.4 Å². The van der Waals surface area contributed by atoms with Gasteiger partial charge in [-0.05, 0) is 12.3 Å². The molecule has 59 valence electrons. The van der Waals surface area contributed by atoms with E-state index in [1.165, 1.54) is 4.90 Å². The molecule has 1 heterocycles. The zero-order valence-electron chi connectivity index (χ0n) is 5.88. The molecule has 0 bridgehead atoms. The Hall–Kier alpha value is -0.0677. The molecule has 1 aliphatic heterocycles. The van der Waals surface area contributed by atoms with Crippen LogP contribution in [0.25, 0.3) is 0 Å². The molecule has 1 aliphatic rings. The van der Waals surface area contributed by atoms with Crippen LogP contribution >= 0.6 is 0 Å². The van der Waals surface area contributed by atoms with Crippen LogP contribution < -0.4 is 0 Å². The van der Waals surface area contributed by atoms with Gasteiger partial charge in [-0.2, -0.15) is 0 Å². The molecule has 4 heteroatoms. The topological polar surface area (TPSA) is 40.5 Å². The summed E-state index contributed by atoms with van der Waals surface area (Å²) in [4.78, 5) is 11.7. The van der Waals surface area contributed by atoms with Crippen LogP contribution in [-0.4, -0.2) is 29.2 Å². The third kappa shape index (κ3) is 2.28. The molecule has 10 heavy (non-hydrogen) atoms. The Labute approximate surface area is 74.1 Å². The van der Waals surface area contributed by atoms with E-state index in [1.807, 2.05) is 0 Å². The number of likely N-dealkylation sites (tertiary alicyclic amines) is 1. The number of hydrogen-bond donors (Lipinski definition) is 1. The molecule has 0 aromatic heterocycles. The van der Waals surface area contributed by atoms with Crippen molar-refractivity contribution in [2.75, 3.05) is 13.1 Å². The smallest absolute Gasteiger partial charge is 0.407 e. The Balaban J connectivity index is 0.000000810. The van der Waals surface area contributed by atoms with E-state index < -0.39 is 6.09 Å². The van der Waals surface area contributed by atoms with Crippen LogP contribution in [0.3, 0.4) is 0 Å². The molecule has 0 spiro atoms. The fraction of sp³-hybridized carbons (Fsp3) is 0.833. The summed E-state index contributed by atoms with van der Waals surface area (Å²) < 4.78 is 0. The van der Waals surface area contributed by atoms with E-state index in [0.717, 1.165) is 19.5 Å². The normalized spacial score (nSPS) is 24.1. The van der Waals surface area contributed by atoms with Crippen LogP contribution in [0.15, 0.2) is 0 Å². The van der Waals surface area contributed by atoms with Crippen LogP contribution in [0.5, 0.6) is 0 Å². The van der Waals surface area contributed by atoms with E-state index in [-0.39, 0.29) is 20.4 Å². The molecule has 1 unspecified atom stereocenters. The van der Waals surface area contributed by atoms with Gasteiger partial charge in [-0.3, -0.25) is 0 Å². The maximum absolute atomic E-state index is 10.3. The van der Waals surface area contributed by atoms with Crippen molar-refractivity contribution in [1.82, 2.24) is 4.90 Å². The fourth-order valence-corrected chi connectivity index (χ4v) is 1.11. The average Bonchev–Trinajstić information content (AvgIpc) is 2.14. The summed E-state index contributed by atoms with van der Waals surface area (Å²) in [5.74, 6) is 0.557. The van der Waals surface area contributed by atoms with Crippen LogP contribution in [0.2, 0.25) is 0 Å². The molecule has 1 rings (SSSR count). The van der Waals surface area contributed by atoms with Crippen LogP contribution in [0.4, 0.5) is 4.79 Å². The molecular weight excluding hydrogens is 304 g/mol. The molecule has 0 aromatic carbocycles. The number of hydrogen-bond acceptors (Lipinski definition) is 1. The first kappa shape index (κ1) is 9.93. The second-order valence-electron chi connectivity index (χ2n) is 2.62. The first-order valence-corrected chi connectivity index (χ1v) is 3.18. The largest absolute Gasteiger partial charge is 0.465 e. The Morgan fingerprint density at radius 2 is 2.30 bits per heavy atom. The van der Waals surface area contributed by atoms with Crippen molar-refractivity contribution in [3.63, 3.8) is 0 Å². The monoisotopic (exact) mass is 316 g/mol. The van der Waals surface area contributed by atoms with Crippen molar-refractivity contribution in [1.29, 1.82) is 0 Å². The summed E-state index contributed by atoms with van der Waals surface area (Å²) >= 11 is 0. The quantitative estimate of drug-likeness (QED) is 0.725. The summed E-state index contributed by atoms with van der Waals surface area (Å²) in [6, 6.07) is 0. The van der Waals surface area contributed by atoms with E-state index in [4.69, 9.17) is 5.11 Å². The number of nitrogens with zero attached hydrogens (tertiary/aromatic N) is 1. The molecule has 1 amide bonds. The van der Waals surface area contributed by atoms with Gasteiger partial charge >= 0.3 is 6.09 Å². The molecule has 1 saturated heterocycles. The van der Waals surface area contributed by atoms with Crippen molar-refractivity contribution in [2.45, 2.75) is 13.3 Å². The number of amides is 1. The summed E-state index contributed by atoms with van der Waals surface area (Å²) in [5.41, 5.74) is 0. The van der Waals surface area contributed by atoms with Gasteiger partial charge in [0.15, 0.2) is 0 Å². The van der Waals surface area contributed by atoms with E-state index in [1.54, 1.807) is 0 Å². The van der Waals surface area contributed by atoms with Crippen molar-refractivity contribution in [3.05, 3.63) is 0 Å². The van der Waals surface area contributed by atoms with Crippen LogP contribution in [0, 0.1) is 5.92 Å². The first-order chi connectivity index (χ1) is 4.20. The predicted octanol–water partition coefficient (Wildman–Crippen LogP) is 1.00. The standard InChI is InChI=1S/C6H11NO2.Re/c1-5-2-3-7(4-5)6(8)9;/h5H,2-4H2,1H3,(H,8,9);. The van der Waals surface area contributed by atoms with Crippen LogP contribution in [0.1, 0.15) is 13.3 Å². The molecule has 0 aromatic rings. The van der Waals surface area contributed by atoms with Gasteiger partial charge in [0.1, 0.15) is 0 Å². The number of carboxylic acid groups (broad SMARTS) is 1. The molecule has 0 saturated carbocycles. The Bertz CT molecular complexity index is 129. The molecule has 1 atom stereocenters. The maximum Gasteiger partial charge on any atom is 0.407 e. The molecule has 1 radical (unpaired) electrons. The molecule has 3 nitrogen and oxygen atoms in total. The minimum Gasteiger partial charge on any atom is -0.465 e. The van der Waals surface area contributed by atoms with Gasteiger partial charge in [-0.15, -0.1) is 0 Å². The Kier molecular flexibility index (Phi) is 3.92. The third-order valence-corrected chi connectivity index (χ3v) is 1.69. The van der Waals surface area contributed by atoms with E-state index in [9.17, 15) is 4.79 Å². The van der Waals surface area contributed by atoms with Gasteiger partial charge in [0.2, 0.25) is 0 Å². The summed E-state index contributed by atoms with van der Waals surface area (Å²) in [6.07, 6.45) is 0.242. The van der Waals surface area contributed by atoms with Gasteiger partial charge < -0.3 is 10.0 Å². The molecule has 1 N–H and O–H groups in total. The molecule has 0 aliphatic carbocycles. The van der Waals surface area contributed by atoms with Gasteiger partial charge in [0.05, 0.1) is 0 Å². The minimum atomic E-state index is -0.778. The average molecular weight is 315 g/mol. The second kappa shape index (κ2) is 3.95. The third-order valence-electron chi connectivity index (χ3n) is 1.69. The van der Waals surface area contributed by atoms with Gasteiger partial charge in [0.25, 0.3) is 0 Å². The van der Waals surface area contributed by atoms with Crippen molar-refractivity contribution in [2.24, 2.45) is 5.92 Å². The summed E-state index contributed by atoms with van der Waals surface area (Å²) in [6.45, 7) is 3.51. The van der Waals surface area contributed by atoms with Gasteiger partial charge in [-0.1, -0.05) is 6.92 Å². The van der Waals surface area contributed by atoms with Crippen molar-refractivity contribution < 1.29 is 30.3 Å². The SMILES string of the molecule is CC1CCN(C(=O)O)C1.[Re]. The fourth-order valence-electron chi connectivity index (χ4n) is 1.11. The summed E-state index contributed by atoms with van der Waals surface area (Å²) in [5, 5.41) is 8.46. The molecular formula is C6H11NO2Re. The van der Waals surface area contributed by atoms with Gasteiger partial charge in [-0.25, -0.2) is 4.79 Å². The van der Waals surface area contributed by atoms with Crippen molar-refractivity contribution >= 4 is 6.09 Å². The van der Waals surface area contributed by atoms with E-state index in [2.05, 4.69) is 6.92 Å². The van der Waals surface area contributed by atoms with Gasteiger partial charge in [0, 0.05) is 33.5 Å². The zero-order chi connectivity index (χ0) is 6.85. The minimum absolute atomic E-state index is 0. The maximum atomic E-state index is 10.3. The Morgan fingerprint density at radius 1 is 1.70 bits per heavy atom. The zero-order valence-corrected chi connectivity index (χ0v) is 8.60. The molecule has 1 fully saturated rings. The Morgan fingerprint density at radius 3 is 2.50 bits per heavy atom. The number of carbonyl (C=O) groups is 1. The second-order valence-corrected chi connectivity index (χ2v) is 2.62. The number of rotatable bonds is 0.